The van der Waals surface area contributed by atoms with Crippen LogP contribution in [0.3, 0.4) is 0 Å². The van der Waals surface area contributed by atoms with Gasteiger partial charge in [-0.05, 0) is 6.92 Å². The fourth-order valence-corrected chi connectivity index (χ4v) is 0.213. The molecule has 0 aliphatic carbocycles. The monoisotopic (exact) mass is 162 g/mol. The van der Waals surface area contributed by atoms with Gasteiger partial charge in [0.2, 0.25) is 0 Å². The van der Waals surface area contributed by atoms with Crippen molar-refractivity contribution in [3.05, 3.63) is 0 Å². The Labute approximate surface area is 81.5 Å². The molecule has 0 aromatic carbocycles. The molecule has 0 amide bonds. The van der Waals surface area contributed by atoms with Crippen molar-refractivity contribution in [2.24, 2.45) is 0 Å². The van der Waals surface area contributed by atoms with Gasteiger partial charge in [-0.1, -0.05) is 0 Å². The van der Waals surface area contributed by atoms with Crippen molar-refractivity contribution in [3.8, 4) is 0 Å². The molecule has 0 heterocycles. The number of aliphatic carboxylic acids is 1. The fraction of sp³-hybridized carbons (Fsp3) is 0.500. The van der Waals surface area contributed by atoms with Crippen LogP contribution >= 0.6 is 12.4 Å². The number of carbonyl (C=O) groups excluding carboxylic acids is 1. The Morgan fingerprint density at radius 2 is 1.78 bits per heavy atom. The van der Waals surface area contributed by atoms with Crippen LogP contribution in [0.1, 0.15) is 13.3 Å². The van der Waals surface area contributed by atoms with Gasteiger partial charge in [-0.3, -0.25) is 9.59 Å². The molecule has 5 heteroatoms. The summed E-state index contributed by atoms with van der Waals surface area (Å²) in [7, 11) is 0. The van der Waals surface area contributed by atoms with Crippen molar-refractivity contribution in [1.82, 2.24) is 0 Å². The summed E-state index contributed by atoms with van der Waals surface area (Å²) < 4.78 is 0. The summed E-state index contributed by atoms with van der Waals surface area (Å²) in [5, 5.41) is 7.86. The Morgan fingerprint density at radius 3 is 1.78 bits per heavy atom. The number of carboxylic acids is 1. The van der Waals surface area contributed by atoms with Crippen LogP contribution in [0.4, 0.5) is 0 Å². The van der Waals surface area contributed by atoms with Crippen molar-refractivity contribution in [2.45, 2.75) is 13.3 Å². The molecule has 0 radical (unpaired) electrons. The van der Waals surface area contributed by atoms with Gasteiger partial charge >= 0.3 is 35.5 Å². The molecule has 0 unspecified atom stereocenters. The van der Waals surface area contributed by atoms with E-state index in [-0.39, 0.29) is 54.2 Å². The number of rotatable bonds is 2. The molecule has 0 aromatic rings. The zero-order valence-electron chi connectivity index (χ0n) is 4.38. The molecule has 0 fully saturated rings. The van der Waals surface area contributed by atoms with Crippen molar-refractivity contribution in [2.75, 3.05) is 0 Å². The number of halogens is 1. The van der Waals surface area contributed by atoms with E-state index in [2.05, 4.69) is 0 Å². The molecule has 9 heavy (non-hydrogen) atoms. The molecule has 0 atom stereocenters. The number of Topliss-reactive ketones (excluding diaryl/α,β-unsaturated/α-hetero) is 1. The standard InChI is InChI=1S/C4H6O3.ClH.Na.H/c1-3(5)2-4(6)7;;;/h2H2,1H3,(H,6,7);1H;;. The van der Waals surface area contributed by atoms with Gasteiger partial charge < -0.3 is 5.11 Å². The summed E-state index contributed by atoms with van der Waals surface area (Å²) >= 11 is 0. The quantitative estimate of drug-likeness (QED) is 0.453. The van der Waals surface area contributed by atoms with E-state index in [4.69, 9.17) is 5.11 Å². The molecule has 0 saturated carbocycles. The molecule has 0 spiro atoms. The van der Waals surface area contributed by atoms with Crippen LogP contribution in [-0.2, 0) is 9.59 Å². The van der Waals surface area contributed by atoms with Crippen molar-refractivity contribution >= 4 is 53.7 Å². The number of ketones is 1. The second-order valence-electron chi connectivity index (χ2n) is 1.27. The molecule has 3 nitrogen and oxygen atoms in total. The predicted octanol–water partition coefficient (Wildman–Crippen LogP) is -0.177. The van der Waals surface area contributed by atoms with Crippen LogP contribution in [0, 0.1) is 0 Å². The first-order valence-corrected chi connectivity index (χ1v) is 1.84. The molecule has 0 aliphatic rings. The Kier molecular flexibility index (Phi) is 15.2. The van der Waals surface area contributed by atoms with Gasteiger partial charge in [0.1, 0.15) is 12.2 Å². The van der Waals surface area contributed by atoms with E-state index >= 15 is 0 Å². The molecule has 0 rings (SSSR count). The first kappa shape index (κ1) is 16.2. The van der Waals surface area contributed by atoms with Crippen LogP contribution in [0.15, 0.2) is 0 Å². The summed E-state index contributed by atoms with van der Waals surface area (Å²) in [6, 6.07) is 0. The molecular formula is C4H8ClNaO3. The molecule has 0 bridgehead atoms. The Hall–Kier alpha value is 0.430. The van der Waals surface area contributed by atoms with E-state index in [1.165, 1.54) is 6.92 Å². The summed E-state index contributed by atoms with van der Waals surface area (Å²) in [4.78, 5) is 19.5. The Morgan fingerprint density at radius 1 is 1.44 bits per heavy atom. The third-order valence-electron chi connectivity index (χ3n) is 0.400. The van der Waals surface area contributed by atoms with Gasteiger partial charge in [0.05, 0.1) is 0 Å². The van der Waals surface area contributed by atoms with Crippen LogP contribution in [-0.4, -0.2) is 46.4 Å². The maximum atomic E-state index is 9.87. The van der Waals surface area contributed by atoms with Gasteiger partial charge in [-0.25, -0.2) is 0 Å². The number of hydrogen-bond acceptors (Lipinski definition) is 2. The Balaban J connectivity index is -0.000000180. The number of carboxylic acid groups (broad SMARTS) is 1. The van der Waals surface area contributed by atoms with Gasteiger partial charge in [0, 0.05) is 0 Å². The van der Waals surface area contributed by atoms with Gasteiger partial charge in [-0.2, -0.15) is 0 Å². The molecule has 1 N–H and O–H groups in total. The van der Waals surface area contributed by atoms with Gasteiger partial charge in [0.15, 0.2) is 0 Å². The summed E-state index contributed by atoms with van der Waals surface area (Å²) in [6.45, 7) is 1.24. The van der Waals surface area contributed by atoms with E-state index in [0.29, 0.717) is 0 Å². The average Bonchev–Trinajstić information content (AvgIpc) is 1.27. The number of carbonyl (C=O) groups is 2. The molecule has 0 saturated heterocycles. The van der Waals surface area contributed by atoms with Crippen molar-refractivity contribution in [1.29, 1.82) is 0 Å². The maximum absolute atomic E-state index is 9.87. The zero-order valence-corrected chi connectivity index (χ0v) is 5.20. The summed E-state index contributed by atoms with van der Waals surface area (Å²) in [5.74, 6) is -1.37. The normalized spacial score (nSPS) is 6.33. The van der Waals surface area contributed by atoms with Crippen LogP contribution < -0.4 is 0 Å². The van der Waals surface area contributed by atoms with Crippen molar-refractivity contribution in [3.63, 3.8) is 0 Å². The third-order valence-corrected chi connectivity index (χ3v) is 0.400. The Bertz CT molecular complexity index is 92.0. The minimum absolute atomic E-state index is 0. The van der Waals surface area contributed by atoms with Gasteiger partial charge in [0.25, 0.3) is 0 Å². The summed E-state index contributed by atoms with van der Waals surface area (Å²) in [6.07, 6.45) is -0.361. The zero-order chi connectivity index (χ0) is 5.86. The van der Waals surface area contributed by atoms with Gasteiger partial charge in [-0.15, -0.1) is 12.4 Å². The second-order valence-corrected chi connectivity index (χ2v) is 1.27. The molecule has 0 aromatic heterocycles. The fourth-order valence-electron chi connectivity index (χ4n) is 0.213. The third kappa shape index (κ3) is 17.8. The molecular weight excluding hydrogens is 154 g/mol. The first-order valence-electron chi connectivity index (χ1n) is 1.84. The average molecular weight is 163 g/mol. The van der Waals surface area contributed by atoms with Crippen LogP contribution in [0.2, 0.25) is 0 Å². The predicted molar refractivity (Wildman–Crippen MR) is 37.3 cm³/mol. The first-order chi connectivity index (χ1) is 3.13. The molecule has 50 valence electrons. The van der Waals surface area contributed by atoms with Crippen LogP contribution in [0.5, 0.6) is 0 Å². The molecule has 0 aliphatic heterocycles. The van der Waals surface area contributed by atoms with E-state index in [1.807, 2.05) is 0 Å². The number of hydrogen-bond donors (Lipinski definition) is 1. The van der Waals surface area contributed by atoms with E-state index in [0.717, 1.165) is 0 Å². The van der Waals surface area contributed by atoms with E-state index in [1.54, 1.807) is 0 Å². The minimum atomic E-state index is -1.06. The van der Waals surface area contributed by atoms with E-state index < -0.39 is 5.97 Å². The summed E-state index contributed by atoms with van der Waals surface area (Å²) in [5.41, 5.74) is 0. The topological polar surface area (TPSA) is 54.4 Å². The van der Waals surface area contributed by atoms with Crippen molar-refractivity contribution < 1.29 is 14.7 Å². The second kappa shape index (κ2) is 8.43. The van der Waals surface area contributed by atoms with E-state index in [9.17, 15) is 9.59 Å². The SMILES string of the molecule is CC(=O)CC(=O)O.Cl.[NaH]. The van der Waals surface area contributed by atoms with Crippen LogP contribution in [0.25, 0.3) is 0 Å².